The molecule has 45 atom stereocenters. The SMILES string of the molecule is OCC1O[C@@H](OCC2O[C@@H](O[C@@H]3C(O)[C@H](O[C@@H]4C(O)[C@H](O)OC(CO)[C@H]4O)OC(CO)[C@H]3O)C(O)[C@@H](O[C@@H]3OC(CO)[C@@H](O)[C@H](O[C@@H]4OC(CO)[C@@H](O)[C@H](O[C@@H]5OC(CO)[C@@H](O)[C@H](O[C@@H]6OC(CO)[C@@H](O)[C@H](O[C@@H]7OC(CO)[C@@H](O)[C@H](O)C7O)C6O)C5O)C4O)C3O)[C@@H]2O)C(O)[C@@H](O)[C@@H]1O. The van der Waals surface area contributed by atoms with Crippen molar-refractivity contribution in [1.29, 1.82) is 0 Å². The summed E-state index contributed by atoms with van der Waals surface area (Å²) in [5.41, 5.74) is 0. The Morgan fingerprint density at radius 1 is 0.170 bits per heavy atom. The van der Waals surface area contributed by atoms with Crippen LogP contribution in [0.4, 0.5) is 0 Å². The van der Waals surface area contributed by atoms with Crippen LogP contribution in [0.3, 0.4) is 0 Å². The third kappa shape index (κ3) is 16.9. The molecule has 9 heterocycles. The normalized spacial score (nSPS) is 53.7. The molecule has 18 unspecified atom stereocenters. The number of rotatable bonds is 25. The van der Waals surface area contributed by atoms with E-state index in [1.165, 1.54) is 0 Å². The zero-order chi connectivity index (χ0) is 73.4. The Labute approximate surface area is 563 Å². The minimum absolute atomic E-state index is 0.927. The molecule has 0 bridgehead atoms. The Morgan fingerprint density at radius 3 is 0.600 bits per heavy atom. The van der Waals surface area contributed by atoms with Crippen LogP contribution in [0.15, 0.2) is 0 Å². The molecule has 100 heavy (non-hydrogen) atoms. The Morgan fingerprint density at radius 2 is 0.350 bits per heavy atom. The summed E-state index contributed by atoms with van der Waals surface area (Å²) in [5.74, 6) is 0. The Hall–Kier alpha value is -1.84. The summed E-state index contributed by atoms with van der Waals surface area (Å²) in [4.78, 5) is 0. The van der Waals surface area contributed by atoms with E-state index in [2.05, 4.69) is 0 Å². The molecule has 46 heteroatoms. The van der Waals surface area contributed by atoms with Crippen molar-refractivity contribution in [3.05, 3.63) is 0 Å². The average Bonchev–Trinajstić information content (AvgIpc) is 0.774. The number of hydrogen-bond donors (Lipinski definition) is 29. The van der Waals surface area contributed by atoms with Crippen LogP contribution in [-0.4, -0.2) is 484 Å². The van der Waals surface area contributed by atoms with E-state index in [1.807, 2.05) is 0 Å². The van der Waals surface area contributed by atoms with Gasteiger partial charge in [-0.1, -0.05) is 0 Å². The molecule has 0 aliphatic carbocycles. The molecule has 0 spiro atoms. The largest absolute Gasteiger partial charge is 0.394 e. The molecule has 0 amide bonds. The van der Waals surface area contributed by atoms with Crippen LogP contribution in [0.25, 0.3) is 0 Å². The van der Waals surface area contributed by atoms with Gasteiger partial charge in [-0.05, 0) is 0 Å². The molecule has 584 valence electrons. The van der Waals surface area contributed by atoms with E-state index in [4.69, 9.17) is 80.5 Å². The van der Waals surface area contributed by atoms with E-state index in [9.17, 15) is 148 Å². The molecule has 9 rings (SSSR count). The van der Waals surface area contributed by atoms with Crippen molar-refractivity contribution in [3.8, 4) is 0 Å². The Kier molecular flexibility index (Phi) is 29.2. The molecular formula is C54H92O46. The second-order valence-corrected chi connectivity index (χ2v) is 25.2. The minimum Gasteiger partial charge on any atom is -0.394 e. The Bertz CT molecular complexity index is 2460. The van der Waals surface area contributed by atoms with Gasteiger partial charge in [0, 0.05) is 0 Å². The fourth-order valence-electron chi connectivity index (χ4n) is 12.8. The number of hydrogen-bond acceptors (Lipinski definition) is 46. The molecule has 0 aromatic carbocycles. The third-order valence-electron chi connectivity index (χ3n) is 18.8. The van der Waals surface area contributed by atoms with Crippen molar-refractivity contribution in [3.63, 3.8) is 0 Å². The maximum Gasteiger partial charge on any atom is 0.187 e. The van der Waals surface area contributed by atoms with Crippen molar-refractivity contribution < 1.29 is 229 Å². The molecule has 0 radical (unpaired) electrons. The van der Waals surface area contributed by atoms with E-state index >= 15 is 0 Å². The quantitative estimate of drug-likeness (QED) is 0.0404. The van der Waals surface area contributed by atoms with E-state index < -0.39 is 336 Å². The summed E-state index contributed by atoms with van der Waals surface area (Å²) >= 11 is 0. The van der Waals surface area contributed by atoms with Gasteiger partial charge in [-0.2, -0.15) is 0 Å². The lowest BCUT2D eigenvalue weighted by Crippen LogP contribution is -2.69. The second kappa shape index (κ2) is 35.5. The summed E-state index contributed by atoms with van der Waals surface area (Å²) in [6.07, 6.45) is -94.5. The highest BCUT2D eigenvalue weighted by Crippen LogP contribution is 2.40. The molecule has 9 aliphatic rings. The van der Waals surface area contributed by atoms with Crippen molar-refractivity contribution in [2.24, 2.45) is 0 Å². The second-order valence-electron chi connectivity index (χ2n) is 25.2. The van der Waals surface area contributed by atoms with Crippen molar-refractivity contribution in [1.82, 2.24) is 0 Å². The first-order chi connectivity index (χ1) is 47.4. The summed E-state index contributed by atoms with van der Waals surface area (Å²) in [6, 6.07) is 0. The Balaban J connectivity index is 0.935. The van der Waals surface area contributed by atoms with Gasteiger partial charge >= 0.3 is 0 Å². The fraction of sp³-hybridized carbons (Fsp3) is 1.00. The van der Waals surface area contributed by atoms with Gasteiger partial charge in [0.1, 0.15) is 220 Å². The van der Waals surface area contributed by atoms with Gasteiger partial charge in [-0.3, -0.25) is 0 Å². The maximum atomic E-state index is 12.1. The monoisotopic (exact) mass is 1480 g/mol. The van der Waals surface area contributed by atoms with E-state index in [0.29, 0.717) is 0 Å². The van der Waals surface area contributed by atoms with Gasteiger partial charge < -0.3 is 229 Å². The maximum absolute atomic E-state index is 12.1. The molecule has 29 N–H and O–H groups in total. The van der Waals surface area contributed by atoms with Crippen LogP contribution < -0.4 is 0 Å². The van der Waals surface area contributed by atoms with Gasteiger partial charge in [0.05, 0.1) is 59.5 Å². The molecule has 0 aromatic heterocycles. The first kappa shape index (κ1) is 82.2. The summed E-state index contributed by atoms with van der Waals surface area (Å²) in [6.45, 7) is -9.51. The van der Waals surface area contributed by atoms with E-state index in [-0.39, 0.29) is 0 Å². The minimum atomic E-state index is -2.49. The van der Waals surface area contributed by atoms with Crippen molar-refractivity contribution >= 4 is 0 Å². The molecule has 9 aliphatic heterocycles. The van der Waals surface area contributed by atoms with Crippen LogP contribution in [-0.2, 0) is 80.5 Å². The first-order valence-electron chi connectivity index (χ1n) is 31.7. The molecule has 46 nitrogen and oxygen atoms in total. The number of ether oxygens (including phenoxy) is 17. The van der Waals surface area contributed by atoms with Gasteiger partial charge in [0.2, 0.25) is 0 Å². The highest BCUT2D eigenvalue weighted by molar-refractivity contribution is 5.02. The van der Waals surface area contributed by atoms with Crippen LogP contribution in [0.1, 0.15) is 0 Å². The van der Waals surface area contributed by atoms with Crippen molar-refractivity contribution in [2.45, 2.75) is 276 Å². The summed E-state index contributed by atoms with van der Waals surface area (Å²) in [7, 11) is 0. The first-order valence-corrected chi connectivity index (χ1v) is 31.7. The third-order valence-corrected chi connectivity index (χ3v) is 18.8. The van der Waals surface area contributed by atoms with Crippen LogP contribution >= 0.6 is 0 Å². The predicted octanol–water partition coefficient (Wildman–Crippen LogP) is -20.6. The highest BCUT2D eigenvalue weighted by Gasteiger charge is 2.60. The van der Waals surface area contributed by atoms with Crippen LogP contribution in [0, 0.1) is 0 Å². The van der Waals surface area contributed by atoms with Crippen LogP contribution in [0.5, 0.6) is 0 Å². The fourth-order valence-corrected chi connectivity index (χ4v) is 12.8. The summed E-state index contributed by atoms with van der Waals surface area (Å²) < 4.78 is 95.5. The summed E-state index contributed by atoms with van der Waals surface area (Å²) in [5, 5.41) is 315. The highest BCUT2D eigenvalue weighted by atomic mass is 16.8. The number of aliphatic hydroxyl groups is 29. The number of aliphatic hydroxyl groups excluding tert-OH is 29. The lowest BCUT2D eigenvalue weighted by molar-refractivity contribution is -0.403. The molecule has 9 fully saturated rings. The average molecular weight is 1480 g/mol. The lowest BCUT2D eigenvalue weighted by atomic mass is 9.95. The zero-order valence-electron chi connectivity index (χ0n) is 52.3. The van der Waals surface area contributed by atoms with Gasteiger partial charge in [0.15, 0.2) is 56.6 Å². The molecular weight excluding hydrogens is 1380 g/mol. The lowest BCUT2D eigenvalue weighted by Gasteiger charge is -2.50. The molecule has 0 aromatic rings. The van der Waals surface area contributed by atoms with E-state index in [1.54, 1.807) is 0 Å². The van der Waals surface area contributed by atoms with Gasteiger partial charge in [0.25, 0.3) is 0 Å². The molecule has 9 saturated heterocycles. The topological polar surface area (TPSA) is 744 Å². The van der Waals surface area contributed by atoms with Gasteiger partial charge in [-0.25, -0.2) is 0 Å². The van der Waals surface area contributed by atoms with Crippen molar-refractivity contribution in [2.75, 3.05) is 59.5 Å². The van der Waals surface area contributed by atoms with Crippen LogP contribution in [0.2, 0.25) is 0 Å². The van der Waals surface area contributed by atoms with E-state index in [0.717, 1.165) is 0 Å². The predicted molar refractivity (Wildman–Crippen MR) is 297 cm³/mol. The molecule has 0 saturated carbocycles. The standard InChI is InChI=1S/C54H92O46/c55-1-10-19(63)28(72)30(74)47(86-10)84-9-18-27(71)45(38(82)54(93-18)99-44-26(70)14(5-59)88-49(34(44)78)94-39-21(65)12(3-57)85-46(83)32(39)76)100-53-37(81)43(25(69)17(8-62)92-53)98-52-36(80)42(24(68)16(7-61)91-52)97-51-35(79)41(23(67)15(6-60)90-51)96-50-33(77)40(22(66)13(4-58)89-50)95-48-31(75)29(73)20(64)11(2-56)87-48/h10-83H,1-9H2/t10?,11?,12?,13?,14?,15?,16?,17?,18?,19-,20-,21-,22-,23-,24-,25-,26-,27-,28+,29+,30?,31?,32?,33?,34?,35?,36?,37?,38?,39+,40+,41+,42+,43+,44+,45+,46-,47-,48+,49+,50+,51+,52+,53+,54+/m1/s1. The zero-order valence-corrected chi connectivity index (χ0v) is 52.3. The smallest absolute Gasteiger partial charge is 0.187 e. The van der Waals surface area contributed by atoms with Gasteiger partial charge in [-0.15, -0.1) is 0 Å².